The van der Waals surface area contributed by atoms with Crippen LogP contribution in [0.2, 0.25) is 0 Å². The molecule has 2 aromatic heterocycles. The standard InChI is InChI=1S/C27H27N3O3S2/c1-30(2)14-15-34-25-13-12-22(35-25)17-24-27(32)28-23(26(31)29-24)16-19-8-10-21(11-9-19)33-18-20-6-4-3-5-7-20/h3-13,16-17H,14-15,18H2,1-2H3,(H,28,32)(H,29,31)/b23-16-,24-17-. The Labute approximate surface area is 211 Å². The van der Waals surface area contributed by atoms with Gasteiger partial charge in [-0.15, -0.1) is 23.1 Å². The number of hydrogen-bond donors (Lipinski definition) is 2. The van der Waals surface area contributed by atoms with Gasteiger partial charge in [0.1, 0.15) is 23.1 Å². The highest BCUT2D eigenvalue weighted by Gasteiger charge is 2.02. The molecular weight excluding hydrogens is 478 g/mol. The first-order valence-electron chi connectivity index (χ1n) is 11.2. The fraction of sp³-hybridized carbons (Fsp3) is 0.185. The fourth-order valence-electron chi connectivity index (χ4n) is 3.22. The van der Waals surface area contributed by atoms with E-state index >= 15 is 0 Å². The molecule has 180 valence electrons. The third kappa shape index (κ3) is 7.32. The van der Waals surface area contributed by atoms with Crippen LogP contribution in [-0.4, -0.2) is 41.3 Å². The van der Waals surface area contributed by atoms with E-state index in [0.717, 1.165) is 34.1 Å². The van der Waals surface area contributed by atoms with Gasteiger partial charge < -0.3 is 19.6 Å². The number of thiophene rings is 1. The number of rotatable bonds is 9. The number of aromatic nitrogens is 2. The van der Waals surface area contributed by atoms with E-state index in [2.05, 4.69) is 29.0 Å². The van der Waals surface area contributed by atoms with Crippen LogP contribution in [0.3, 0.4) is 0 Å². The molecule has 0 saturated carbocycles. The summed E-state index contributed by atoms with van der Waals surface area (Å²) in [6.45, 7) is 1.48. The van der Waals surface area contributed by atoms with Crippen LogP contribution in [0, 0.1) is 0 Å². The van der Waals surface area contributed by atoms with Crippen LogP contribution < -0.4 is 26.6 Å². The number of nitrogens with one attached hydrogen (secondary N) is 2. The van der Waals surface area contributed by atoms with E-state index in [4.69, 9.17) is 4.74 Å². The lowest BCUT2D eigenvalue weighted by Crippen LogP contribution is -2.46. The van der Waals surface area contributed by atoms with Gasteiger partial charge in [-0.3, -0.25) is 9.59 Å². The van der Waals surface area contributed by atoms with Crippen molar-refractivity contribution in [2.75, 3.05) is 26.4 Å². The molecule has 4 rings (SSSR count). The fourth-order valence-corrected chi connectivity index (χ4v) is 5.50. The molecule has 2 aromatic carbocycles. The second-order valence-electron chi connectivity index (χ2n) is 8.18. The molecule has 8 heteroatoms. The average molecular weight is 506 g/mol. The predicted octanol–water partition coefficient (Wildman–Crippen LogP) is 3.02. The minimum absolute atomic E-state index is 0.205. The summed E-state index contributed by atoms with van der Waals surface area (Å²) in [5.41, 5.74) is 1.19. The maximum absolute atomic E-state index is 12.6. The summed E-state index contributed by atoms with van der Waals surface area (Å²) >= 11 is 3.38. The molecule has 0 aliphatic heterocycles. The van der Waals surface area contributed by atoms with Gasteiger partial charge in [0.2, 0.25) is 0 Å². The molecule has 2 heterocycles. The Kier molecular flexibility index (Phi) is 8.41. The van der Waals surface area contributed by atoms with Gasteiger partial charge in [0, 0.05) is 17.2 Å². The first-order valence-corrected chi connectivity index (χ1v) is 13.0. The summed E-state index contributed by atoms with van der Waals surface area (Å²) in [7, 11) is 4.10. The predicted molar refractivity (Wildman–Crippen MR) is 145 cm³/mol. The zero-order valence-corrected chi connectivity index (χ0v) is 21.2. The summed E-state index contributed by atoms with van der Waals surface area (Å²) in [5.74, 6) is 1.73. The zero-order chi connectivity index (χ0) is 24.6. The Morgan fingerprint density at radius 3 is 2.26 bits per heavy atom. The first-order chi connectivity index (χ1) is 17.0. The lowest BCUT2D eigenvalue weighted by atomic mass is 10.2. The maximum atomic E-state index is 12.6. The highest BCUT2D eigenvalue weighted by atomic mass is 32.2. The number of hydrogen-bond acceptors (Lipinski definition) is 6. The van der Waals surface area contributed by atoms with Crippen LogP contribution in [0.5, 0.6) is 5.75 Å². The third-order valence-electron chi connectivity index (χ3n) is 5.10. The van der Waals surface area contributed by atoms with E-state index in [1.54, 1.807) is 35.3 Å². The summed E-state index contributed by atoms with van der Waals surface area (Å²) in [6, 6.07) is 21.3. The van der Waals surface area contributed by atoms with Gasteiger partial charge in [-0.05, 0) is 61.6 Å². The molecular formula is C27H27N3O3S2. The number of thioether (sulfide) groups is 1. The number of H-pyrrole nitrogens is 2. The Morgan fingerprint density at radius 1 is 0.886 bits per heavy atom. The number of nitrogens with zero attached hydrogens (tertiary/aromatic N) is 1. The molecule has 0 radical (unpaired) electrons. The largest absolute Gasteiger partial charge is 0.489 e. The SMILES string of the molecule is CN(C)CCSc1ccc(/C=c2\[nH]c(=O)/c(=C/c3ccc(OCc4ccccc4)cc3)[nH]c2=O)s1. The molecule has 0 aliphatic rings. The van der Waals surface area contributed by atoms with Gasteiger partial charge in [-0.2, -0.15) is 0 Å². The highest BCUT2D eigenvalue weighted by Crippen LogP contribution is 2.27. The molecule has 0 atom stereocenters. The molecule has 0 saturated heterocycles. The Bertz CT molecular complexity index is 1490. The van der Waals surface area contributed by atoms with Gasteiger partial charge >= 0.3 is 0 Å². The monoisotopic (exact) mass is 505 g/mol. The van der Waals surface area contributed by atoms with Crippen molar-refractivity contribution in [3.63, 3.8) is 0 Å². The third-order valence-corrected chi connectivity index (χ3v) is 7.33. The molecule has 6 nitrogen and oxygen atoms in total. The minimum atomic E-state index is -0.350. The molecule has 2 N–H and O–H groups in total. The lowest BCUT2D eigenvalue weighted by Gasteiger charge is -2.07. The van der Waals surface area contributed by atoms with Crippen LogP contribution >= 0.6 is 23.1 Å². The lowest BCUT2D eigenvalue weighted by molar-refractivity contribution is 0.306. The first kappa shape index (κ1) is 24.8. The molecule has 0 bridgehead atoms. The molecule has 4 aromatic rings. The van der Waals surface area contributed by atoms with Crippen molar-refractivity contribution in [2.24, 2.45) is 0 Å². The van der Waals surface area contributed by atoms with Crippen LogP contribution in [-0.2, 0) is 6.61 Å². The average Bonchev–Trinajstić information content (AvgIpc) is 3.29. The molecule has 0 amide bonds. The second kappa shape index (κ2) is 11.9. The van der Waals surface area contributed by atoms with Crippen LogP contribution in [0.15, 0.2) is 80.5 Å². The van der Waals surface area contributed by atoms with E-state index < -0.39 is 0 Å². The summed E-state index contributed by atoms with van der Waals surface area (Å²) in [4.78, 5) is 33.7. The van der Waals surface area contributed by atoms with Gasteiger partial charge in [0.05, 0.1) is 4.21 Å². The van der Waals surface area contributed by atoms with Crippen molar-refractivity contribution in [1.29, 1.82) is 0 Å². The van der Waals surface area contributed by atoms with Crippen molar-refractivity contribution in [3.05, 3.63) is 114 Å². The molecule has 0 unspecified atom stereocenters. The maximum Gasteiger partial charge on any atom is 0.272 e. The van der Waals surface area contributed by atoms with Crippen LogP contribution in [0.1, 0.15) is 16.0 Å². The Hall–Kier alpha value is -3.33. The summed E-state index contributed by atoms with van der Waals surface area (Å²) in [6.07, 6.45) is 3.36. The molecule has 0 spiro atoms. The van der Waals surface area contributed by atoms with E-state index in [0.29, 0.717) is 6.61 Å². The number of ether oxygens (including phenoxy) is 1. The Morgan fingerprint density at radius 2 is 1.57 bits per heavy atom. The van der Waals surface area contributed by atoms with E-state index in [9.17, 15) is 9.59 Å². The quantitative estimate of drug-likeness (QED) is 0.342. The van der Waals surface area contributed by atoms with E-state index in [1.165, 1.54) is 4.21 Å². The van der Waals surface area contributed by atoms with Crippen LogP contribution in [0.4, 0.5) is 0 Å². The van der Waals surface area contributed by atoms with E-state index in [-0.39, 0.29) is 21.8 Å². The van der Waals surface area contributed by atoms with Crippen molar-refractivity contribution >= 4 is 35.3 Å². The van der Waals surface area contributed by atoms with Gasteiger partial charge in [0.15, 0.2) is 0 Å². The van der Waals surface area contributed by atoms with Gasteiger partial charge in [-0.1, -0.05) is 42.5 Å². The van der Waals surface area contributed by atoms with Crippen molar-refractivity contribution in [2.45, 2.75) is 10.8 Å². The highest BCUT2D eigenvalue weighted by molar-refractivity contribution is 8.01. The second-order valence-corrected chi connectivity index (χ2v) is 10.7. The number of aromatic amines is 2. The normalized spacial score (nSPS) is 12.4. The molecule has 0 fully saturated rings. The van der Waals surface area contributed by atoms with Crippen molar-refractivity contribution < 1.29 is 4.74 Å². The van der Waals surface area contributed by atoms with Crippen molar-refractivity contribution in [1.82, 2.24) is 14.9 Å². The Balaban J connectivity index is 1.47. The van der Waals surface area contributed by atoms with Gasteiger partial charge in [0.25, 0.3) is 11.1 Å². The van der Waals surface area contributed by atoms with Crippen molar-refractivity contribution in [3.8, 4) is 5.75 Å². The molecule has 35 heavy (non-hydrogen) atoms. The minimum Gasteiger partial charge on any atom is -0.489 e. The number of benzene rings is 2. The molecule has 0 aliphatic carbocycles. The zero-order valence-electron chi connectivity index (χ0n) is 19.6. The van der Waals surface area contributed by atoms with Gasteiger partial charge in [-0.25, -0.2) is 0 Å². The summed E-state index contributed by atoms with van der Waals surface area (Å²) in [5, 5.41) is 0.444. The van der Waals surface area contributed by atoms with E-state index in [1.807, 2.05) is 66.7 Å². The topological polar surface area (TPSA) is 78.2 Å². The smallest absolute Gasteiger partial charge is 0.272 e. The van der Waals surface area contributed by atoms with Crippen LogP contribution in [0.25, 0.3) is 12.2 Å². The summed E-state index contributed by atoms with van der Waals surface area (Å²) < 4.78 is 6.98.